The van der Waals surface area contributed by atoms with Crippen LogP contribution in [0.3, 0.4) is 0 Å². The van der Waals surface area contributed by atoms with Crippen LogP contribution in [0, 0.1) is 23.0 Å². The van der Waals surface area contributed by atoms with Crippen molar-refractivity contribution in [2.75, 3.05) is 6.54 Å². The summed E-state index contributed by atoms with van der Waals surface area (Å²) in [5.41, 5.74) is 0.873. The average molecular weight is 264 g/mol. The molecule has 0 aromatic heterocycles. The van der Waals surface area contributed by atoms with Crippen LogP contribution in [0.1, 0.15) is 42.6 Å². The molecule has 104 valence electrons. The number of nitro groups is 1. The molecule has 1 rings (SSSR count). The van der Waals surface area contributed by atoms with E-state index >= 15 is 0 Å². The van der Waals surface area contributed by atoms with Crippen molar-refractivity contribution >= 4 is 11.6 Å². The summed E-state index contributed by atoms with van der Waals surface area (Å²) >= 11 is 0. The maximum Gasteiger partial charge on any atom is 0.273 e. The molecule has 0 aliphatic heterocycles. The summed E-state index contributed by atoms with van der Waals surface area (Å²) < 4.78 is 0. The van der Waals surface area contributed by atoms with Gasteiger partial charge in [-0.25, -0.2) is 0 Å². The summed E-state index contributed by atoms with van der Waals surface area (Å²) in [6, 6.07) is 4.54. The summed E-state index contributed by atoms with van der Waals surface area (Å²) in [5.74, 6) is 0.351. The maximum atomic E-state index is 11.8. The molecule has 5 heteroatoms. The second-order valence-electron chi connectivity index (χ2n) is 5.05. The van der Waals surface area contributed by atoms with E-state index in [1.165, 1.54) is 6.07 Å². The van der Waals surface area contributed by atoms with Gasteiger partial charge in [0.15, 0.2) is 0 Å². The van der Waals surface area contributed by atoms with E-state index < -0.39 is 4.92 Å². The molecule has 1 N–H and O–H groups in total. The quantitative estimate of drug-likeness (QED) is 0.487. The fraction of sp³-hybridized carbons (Fsp3) is 0.500. The Balaban J connectivity index is 2.62. The third kappa shape index (κ3) is 4.69. The number of amides is 1. The molecule has 19 heavy (non-hydrogen) atoms. The monoisotopic (exact) mass is 264 g/mol. The van der Waals surface area contributed by atoms with Crippen LogP contribution in [0.15, 0.2) is 18.2 Å². The van der Waals surface area contributed by atoms with Crippen molar-refractivity contribution in [1.82, 2.24) is 5.32 Å². The van der Waals surface area contributed by atoms with E-state index in [0.717, 1.165) is 12.8 Å². The predicted molar refractivity (Wildman–Crippen MR) is 74.2 cm³/mol. The zero-order valence-corrected chi connectivity index (χ0v) is 11.6. The second-order valence-corrected chi connectivity index (χ2v) is 5.05. The maximum absolute atomic E-state index is 11.8. The molecular weight excluding hydrogens is 244 g/mol. The molecule has 0 aliphatic rings. The standard InChI is InChI=1S/C14H20N2O3/c1-10(2)5-4-8-15-14(17)12-7-6-11(3)13(9-12)16(18)19/h6-7,9-10H,4-5,8H2,1-3H3,(H,15,17). The normalized spacial score (nSPS) is 10.5. The summed E-state index contributed by atoms with van der Waals surface area (Å²) in [7, 11) is 0. The van der Waals surface area contributed by atoms with Gasteiger partial charge in [0.25, 0.3) is 11.6 Å². The van der Waals surface area contributed by atoms with E-state index in [1.807, 2.05) is 0 Å². The first-order valence-electron chi connectivity index (χ1n) is 6.45. The molecule has 1 amide bonds. The summed E-state index contributed by atoms with van der Waals surface area (Å²) in [4.78, 5) is 22.2. The summed E-state index contributed by atoms with van der Waals surface area (Å²) in [5, 5.41) is 13.6. The molecule has 0 fully saturated rings. The molecule has 0 saturated heterocycles. The number of carbonyl (C=O) groups excluding carboxylic acids is 1. The molecule has 5 nitrogen and oxygen atoms in total. The van der Waals surface area contributed by atoms with Crippen molar-refractivity contribution in [2.24, 2.45) is 5.92 Å². The van der Waals surface area contributed by atoms with E-state index in [9.17, 15) is 14.9 Å². The molecule has 0 aliphatic carbocycles. The van der Waals surface area contributed by atoms with Crippen LogP contribution in [0.5, 0.6) is 0 Å². The van der Waals surface area contributed by atoms with Crippen LogP contribution in [-0.2, 0) is 0 Å². The van der Waals surface area contributed by atoms with Crippen LogP contribution in [-0.4, -0.2) is 17.4 Å². The molecule has 1 aromatic carbocycles. The molecule has 0 heterocycles. The third-order valence-corrected chi connectivity index (χ3v) is 2.91. The Bertz CT molecular complexity index is 470. The first kappa shape index (κ1) is 15.1. The van der Waals surface area contributed by atoms with Crippen molar-refractivity contribution < 1.29 is 9.72 Å². The van der Waals surface area contributed by atoms with Crippen LogP contribution >= 0.6 is 0 Å². The molecule has 0 spiro atoms. The topological polar surface area (TPSA) is 72.2 Å². The van der Waals surface area contributed by atoms with E-state index in [-0.39, 0.29) is 11.6 Å². The molecule has 0 unspecified atom stereocenters. The van der Waals surface area contributed by atoms with Crippen molar-refractivity contribution in [3.05, 3.63) is 39.4 Å². The van der Waals surface area contributed by atoms with Crippen molar-refractivity contribution in [1.29, 1.82) is 0 Å². The third-order valence-electron chi connectivity index (χ3n) is 2.91. The highest BCUT2D eigenvalue weighted by Gasteiger charge is 2.14. The predicted octanol–water partition coefficient (Wildman–Crippen LogP) is 3.07. The van der Waals surface area contributed by atoms with Gasteiger partial charge in [-0.3, -0.25) is 14.9 Å². The van der Waals surface area contributed by atoms with E-state index in [1.54, 1.807) is 19.1 Å². The minimum atomic E-state index is -0.467. The van der Waals surface area contributed by atoms with E-state index in [2.05, 4.69) is 19.2 Å². The summed E-state index contributed by atoms with van der Waals surface area (Å²) in [6.07, 6.45) is 1.96. The van der Waals surface area contributed by atoms with Crippen molar-refractivity contribution in [3.8, 4) is 0 Å². The Labute approximate surface area is 113 Å². The minimum absolute atomic E-state index is 0.0187. The molecular formula is C14H20N2O3. The smallest absolute Gasteiger partial charge is 0.273 e. The fourth-order valence-electron chi connectivity index (χ4n) is 1.76. The van der Waals surface area contributed by atoms with E-state index in [0.29, 0.717) is 23.6 Å². The molecule has 1 aromatic rings. The van der Waals surface area contributed by atoms with Gasteiger partial charge in [0.2, 0.25) is 0 Å². The molecule has 0 saturated carbocycles. The van der Waals surface area contributed by atoms with E-state index in [4.69, 9.17) is 0 Å². The zero-order valence-electron chi connectivity index (χ0n) is 11.6. The highest BCUT2D eigenvalue weighted by molar-refractivity contribution is 5.94. The highest BCUT2D eigenvalue weighted by atomic mass is 16.6. The average Bonchev–Trinajstić information content (AvgIpc) is 2.34. The summed E-state index contributed by atoms with van der Waals surface area (Å²) in [6.45, 7) is 6.51. The number of hydrogen-bond acceptors (Lipinski definition) is 3. The number of rotatable bonds is 6. The first-order chi connectivity index (χ1) is 8.91. The lowest BCUT2D eigenvalue weighted by Crippen LogP contribution is -2.24. The van der Waals surface area contributed by atoms with Crippen LogP contribution in [0.2, 0.25) is 0 Å². The van der Waals surface area contributed by atoms with Gasteiger partial charge in [0.1, 0.15) is 0 Å². The van der Waals surface area contributed by atoms with Crippen LogP contribution < -0.4 is 5.32 Å². The largest absolute Gasteiger partial charge is 0.352 e. The number of nitro benzene ring substituents is 1. The number of benzene rings is 1. The number of aryl methyl sites for hydroxylation is 1. The van der Waals surface area contributed by atoms with Gasteiger partial charge in [-0.05, 0) is 31.7 Å². The molecule has 0 bridgehead atoms. The lowest BCUT2D eigenvalue weighted by Gasteiger charge is -2.07. The zero-order chi connectivity index (χ0) is 14.4. The van der Waals surface area contributed by atoms with Gasteiger partial charge in [-0.1, -0.05) is 19.9 Å². The van der Waals surface area contributed by atoms with Gasteiger partial charge in [0, 0.05) is 23.7 Å². The van der Waals surface area contributed by atoms with Gasteiger partial charge < -0.3 is 5.32 Å². The minimum Gasteiger partial charge on any atom is -0.352 e. The van der Waals surface area contributed by atoms with Gasteiger partial charge in [-0.2, -0.15) is 0 Å². The number of nitrogens with one attached hydrogen (secondary N) is 1. The van der Waals surface area contributed by atoms with Gasteiger partial charge in [0.05, 0.1) is 4.92 Å². The van der Waals surface area contributed by atoms with Crippen LogP contribution in [0.4, 0.5) is 5.69 Å². The SMILES string of the molecule is Cc1ccc(C(=O)NCCCC(C)C)cc1[N+](=O)[O-]. The highest BCUT2D eigenvalue weighted by Crippen LogP contribution is 2.19. The fourth-order valence-corrected chi connectivity index (χ4v) is 1.76. The van der Waals surface area contributed by atoms with Gasteiger partial charge in [-0.15, -0.1) is 0 Å². The Kier molecular flexibility index (Phi) is 5.48. The molecule has 0 atom stereocenters. The Morgan fingerprint density at radius 2 is 2.11 bits per heavy atom. The number of carbonyl (C=O) groups is 1. The Morgan fingerprint density at radius 3 is 2.68 bits per heavy atom. The Morgan fingerprint density at radius 1 is 1.42 bits per heavy atom. The second kappa shape index (κ2) is 6.87. The van der Waals surface area contributed by atoms with Crippen molar-refractivity contribution in [2.45, 2.75) is 33.6 Å². The van der Waals surface area contributed by atoms with Crippen molar-refractivity contribution in [3.63, 3.8) is 0 Å². The lowest BCUT2D eigenvalue weighted by atomic mass is 10.1. The Hall–Kier alpha value is -1.91. The number of hydrogen-bond donors (Lipinski definition) is 1. The lowest BCUT2D eigenvalue weighted by molar-refractivity contribution is -0.385. The molecule has 0 radical (unpaired) electrons. The number of nitrogens with zero attached hydrogens (tertiary/aromatic N) is 1. The first-order valence-corrected chi connectivity index (χ1v) is 6.45. The van der Waals surface area contributed by atoms with Gasteiger partial charge >= 0.3 is 0 Å². The van der Waals surface area contributed by atoms with Crippen LogP contribution in [0.25, 0.3) is 0 Å².